The molecule has 0 radical (unpaired) electrons. The summed E-state index contributed by atoms with van der Waals surface area (Å²) in [6.45, 7) is 6.42. The average Bonchev–Trinajstić information content (AvgIpc) is 2.66. The number of hydrogen-bond acceptors (Lipinski definition) is 3. The van der Waals surface area contributed by atoms with Crippen LogP contribution in [0.1, 0.15) is 59.8 Å². The SMILES string of the molecule is CC1=CCC(C)(C)c2cc(C(/C=C\c3ccc(C(=O)O)cc3F)=N\O)ccc21. The second-order valence-corrected chi connectivity index (χ2v) is 7.60. The van der Waals surface area contributed by atoms with Crippen molar-refractivity contribution in [2.45, 2.75) is 32.6 Å². The number of hydrogen-bond donors (Lipinski definition) is 2. The van der Waals surface area contributed by atoms with Crippen LogP contribution < -0.4 is 0 Å². The fraction of sp³-hybridized carbons (Fsp3) is 0.217. The number of carbonyl (C=O) groups is 1. The van der Waals surface area contributed by atoms with E-state index in [1.807, 2.05) is 18.2 Å². The first-order valence-corrected chi connectivity index (χ1v) is 8.98. The van der Waals surface area contributed by atoms with Gasteiger partial charge in [-0.2, -0.15) is 0 Å². The van der Waals surface area contributed by atoms with Gasteiger partial charge in [0.1, 0.15) is 11.5 Å². The molecule has 0 fully saturated rings. The number of allylic oxidation sites excluding steroid dienone is 3. The maximum Gasteiger partial charge on any atom is 0.335 e. The molecule has 2 aromatic rings. The molecule has 0 atom stereocenters. The lowest BCUT2D eigenvalue weighted by Crippen LogP contribution is -2.21. The van der Waals surface area contributed by atoms with Crippen LogP contribution in [0.15, 0.2) is 53.7 Å². The Hall–Kier alpha value is -3.21. The van der Waals surface area contributed by atoms with Crippen LogP contribution in [-0.4, -0.2) is 22.0 Å². The van der Waals surface area contributed by atoms with E-state index in [-0.39, 0.29) is 16.5 Å². The first-order valence-electron chi connectivity index (χ1n) is 8.98. The van der Waals surface area contributed by atoms with Gasteiger partial charge >= 0.3 is 5.97 Å². The highest BCUT2D eigenvalue weighted by Crippen LogP contribution is 2.39. The van der Waals surface area contributed by atoms with E-state index in [4.69, 9.17) is 5.11 Å². The van der Waals surface area contributed by atoms with Crippen molar-refractivity contribution in [2.75, 3.05) is 0 Å². The zero-order chi connectivity index (χ0) is 20.5. The van der Waals surface area contributed by atoms with E-state index in [0.29, 0.717) is 5.71 Å². The molecule has 2 aromatic carbocycles. The quantitative estimate of drug-likeness (QED) is 0.419. The van der Waals surface area contributed by atoms with Gasteiger partial charge in [0, 0.05) is 11.1 Å². The summed E-state index contributed by atoms with van der Waals surface area (Å²) in [5, 5.41) is 21.8. The molecule has 28 heavy (non-hydrogen) atoms. The number of benzene rings is 2. The van der Waals surface area contributed by atoms with Crippen molar-refractivity contribution in [1.29, 1.82) is 0 Å². The third-order valence-corrected chi connectivity index (χ3v) is 5.16. The lowest BCUT2D eigenvalue weighted by molar-refractivity contribution is 0.0696. The third kappa shape index (κ3) is 3.74. The van der Waals surface area contributed by atoms with Gasteiger partial charge in [0.25, 0.3) is 0 Å². The van der Waals surface area contributed by atoms with Gasteiger partial charge in [-0.15, -0.1) is 0 Å². The summed E-state index contributed by atoms with van der Waals surface area (Å²) in [4.78, 5) is 10.9. The maximum atomic E-state index is 14.1. The monoisotopic (exact) mass is 379 g/mol. The first-order chi connectivity index (χ1) is 13.2. The summed E-state index contributed by atoms with van der Waals surface area (Å²) in [6, 6.07) is 9.58. The van der Waals surface area contributed by atoms with E-state index >= 15 is 0 Å². The molecule has 4 nitrogen and oxygen atoms in total. The summed E-state index contributed by atoms with van der Waals surface area (Å²) in [5.74, 6) is -1.84. The fourth-order valence-electron chi connectivity index (χ4n) is 3.39. The minimum Gasteiger partial charge on any atom is -0.478 e. The molecule has 0 amide bonds. The molecule has 144 valence electrons. The molecule has 0 heterocycles. The van der Waals surface area contributed by atoms with Gasteiger partial charge in [-0.3, -0.25) is 0 Å². The number of aromatic carboxylic acids is 1. The predicted octanol–water partition coefficient (Wildman–Crippen LogP) is 5.50. The maximum absolute atomic E-state index is 14.1. The molecule has 0 aromatic heterocycles. The second-order valence-electron chi connectivity index (χ2n) is 7.60. The van der Waals surface area contributed by atoms with Gasteiger partial charge in [0.2, 0.25) is 0 Å². The zero-order valence-electron chi connectivity index (χ0n) is 16.0. The lowest BCUT2D eigenvalue weighted by Gasteiger charge is -2.31. The number of fused-ring (bicyclic) bond motifs is 1. The smallest absolute Gasteiger partial charge is 0.335 e. The van der Waals surface area contributed by atoms with Crippen molar-refractivity contribution in [1.82, 2.24) is 0 Å². The molecule has 0 saturated carbocycles. The van der Waals surface area contributed by atoms with E-state index in [9.17, 15) is 14.4 Å². The number of carboxylic acid groups (broad SMARTS) is 1. The minimum atomic E-state index is -1.19. The van der Waals surface area contributed by atoms with Crippen molar-refractivity contribution in [3.8, 4) is 0 Å². The van der Waals surface area contributed by atoms with Crippen molar-refractivity contribution in [3.05, 3.63) is 82.2 Å². The number of oxime groups is 1. The molecular formula is C23H22FNO3. The van der Waals surface area contributed by atoms with E-state index in [2.05, 4.69) is 32.0 Å². The fourth-order valence-corrected chi connectivity index (χ4v) is 3.39. The number of rotatable bonds is 4. The molecule has 0 unspecified atom stereocenters. The molecule has 1 aliphatic rings. The van der Waals surface area contributed by atoms with Crippen LogP contribution in [-0.2, 0) is 5.41 Å². The Labute approximate surface area is 163 Å². The summed E-state index contributed by atoms with van der Waals surface area (Å²) < 4.78 is 14.1. The highest BCUT2D eigenvalue weighted by Gasteiger charge is 2.27. The van der Waals surface area contributed by atoms with Crippen LogP contribution in [0.2, 0.25) is 0 Å². The predicted molar refractivity (Wildman–Crippen MR) is 108 cm³/mol. The Balaban J connectivity index is 1.94. The number of carboxylic acids is 1. The van der Waals surface area contributed by atoms with Crippen LogP contribution >= 0.6 is 0 Å². The number of nitrogens with zero attached hydrogens (tertiary/aromatic N) is 1. The Kier molecular flexibility index (Phi) is 5.18. The Bertz CT molecular complexity index is 1030. The normalized spacial score (nSPS) is 16.0. The van der Waals surface area contributed by atoms with Crippen LogP contribution in [0.5, 0.6) is 0 Å². The van der Waals surface area contributed by atoms with E-state index in [1.54, 1.807) is 0 Å². The van der Waals surface area contributed by atoms with Gasteiger partial charge in [-0.05, 0) is 65.8 Å². The largest absolute Gasteiger partial charge is 0.478 e. The molecule has 0 bridgehead atoms. The Morgan fingerprint density at radius 1 is 1.18 bits per heavy atom. The van der Waals surface area contributed by atoms with Crippen molar-refractivity contribution >= 4 is 23.3 Å². The highest BCUT2D eigenvalue weighted by molar-refractivity contribution is 6.10. The highest BCUT2D eigenvalue weighted by atomic mass is 19.1. The van der Waals surface area contributed by atoms with Crippen LogP contribution in [0.25, 0.3) is 11.6 Å². The minimum absolute atomic E-state index is 0.0338. The molecular weight excluding hydrogens is 357 g/mol. The van der Waals surface area contributed by atoms with Crippen LogP contribution in [0.4, 0.5) is 4.39 Å². The van der Waals surface area contributed by atoms with Gasteiger partial charge in [0.15, 0.2) is 0 Å². The third-order valence-electron chi connectivity index (χ3n) is 5.16. The van der Waals surface area contributed by atoms with Crippen molar-refractivity contribution in [3.63, 3.8) is 0 Å². The summed E-state index contributed by atoms with van der Waals surface area (Å²) >= 11 is 0. The van der Waals surface area contributed by atoms with Crippen LogP contribution in [0, 0.1) is 5.82 Å². The van der Waals surface area contributed by atoms with Gasteiger partial charge < -0.3 is 10.3 Å². The molecule has 0 saturated heterocycles. The van der Waals surface area contributed by atoms with E-state index in [0.717, 1.165) is 18.1 Å². The van der Waals surface area contributed by atoms with Gasteiger partial charge in [-0.25, -0.2) is 9.18 Å². The molecule has 2 N–H and O–H groups in total. The van der Waals surface area contributed by atoms with E-state index in [1.165, 1.54) is 41.0 Å². The van der Waals surface area contributed by atoms with Crippen LogP contribution in [0.3, 0.4) is 0 Å². The zero-order valence-corrected chi connectivity index (χ0v) is 16.0. The molecule has 3 rings (SSSR count). The standard InChI is InChI=1S/C23H22FNO3/c1-14-10-11-23(2,3)19-12-16(6-8-18(14)19)21(25-28)9-7-15-4-5-17(22(26)27)13-20(15)24/h4-10,12-13,28H,11H2,1-3H3,(H,26,27)/b9-7-,25-21-. The summed E-state index contributed by atoms with van der Waals surface area (Å²) in [5.41, 5.74) is 4.66. The Morgan fingerprint density at radius 2 is 1.89 bits per heavy atom. The van der Waals surface area contributed by atoms with E-state index < -0.39 is 11.8 Å². The Morgan fingerprint density at radius 3 is 2.54 bits per heavy atom. The molecule has 1 aliphatic carbocycles. The van der Waals surface area contributed by atoms with Gasteiger partial charge in [0.05, 0.1) is 5.56 Å². The van der Waals surface area contributed by atoms with Crippen molar-refractivity contribution < 1.29 is 19.5 Å². The summed E-state index contributed by atoms with van der Waals surface area (Å²) in [6.07, 6.45) is 6.13. The molecule has 0 aliphatic heterocycles. The molecule has 5 heteroatoms. The van der Waals surface area contributed by atoms with Gasteiger partial charge in [-0.1, -0.05) is 43.3 Å². The average molecular weight is 379 g/mol. The summed E-state index contributed by atoms with van der Waals surface area (Å²) in [7, 11) is 0. The molecule has 0 spiro atoms. The van der Waals surface area contributed by atoms with Crippen molar-refractivity contribution in [2.24, 2.45) is 5.16 Å². The topological polar surface area (TPSA) is 69.9 Å². The number of halogens is 1. The second kappa shape index (κ2) is 7.43. The first kappa shape index (κ1) is 19.5. The lowest BCUT2D eigenvalue weighted by atomic mass is 9.73.